The molecule has 13 rings (SSSR count). The number of hydrogen-bond acceptors (Lipinski definition) is 1. The molecule has 1 nitrogen and oxygen atoms in total. The van der Waals surface area contributed by atoms with Gasteiger partial charge in [-0.05, 0) is 125 Å². The third kappa shape index (κ3) is 5.73. The predicted octanol–water partition coefficient (Wildman–Crippen LogP) is 17.3. The lowest BCUT2D eigenvalue weighted by Gasteiger charge is -2.32. The van der Waals surface area contributed by atoms with Crippen molar-refractivity contribution in [1.82, 2.24) is 0 Å². The number of rotatable bonds is 7. The molecule has 0 amide bonds. The molecule has 0 N–H and O–H groups in total. The Kier molecular flexibility index (Phi) is 8.82. The number of anilines is 3. The monoisotopic (exact) mass is 837 g/mol. The summed E-state index contributed by atoms with van der Waals surface area (Å²) in [5.74, 6) is 0. The van der Waals surface area contributed by atoms with Crippen molar-refractivity contribution in [2.24, 2.45) is 0 Å². The molecular formula is C65H43N. The Balaban J connectivity index is 1.05. The Morgan fingerprint density at radius 3 is 1.38 bits per heavy atom. The lowest BCUT2D eigenvalue weighted by molar-refractivity contribution is 0.794. The van der Waals surface area contributed by atoms with Crippen LogP contribution in [0.15, 0.2) is 261 Å². The number of fused-ring (bicyclic) bond motifs is 11. The molecule has 2 aliphatic rings. The van der Waals surface area contributed by atoms with E-state index < -0.39 is 5.41 Å². The van der Waals surface area contributed by atoms with E-state index in [-0.39, 0.29) is 0 Å². The van der Waals surface area contributed by atoms with Crippen molar-refractivity contribution in [3.8, 4) is 66.8 Å². The Morgan fingerprint density at radius 2 is 0.682 bits per heavy atom. The van der Waals surface area contributed by atoms with Gasteiger partial charge in [0.2, 0.25) is 0 Å². The zero-order valence-electron chi connectivity index (χ0n) is 36.3. The number of benzene rings is 11. The number of hydrogen-bond donors (Lipinski definition) is 0. The fourth-order valence-electron chi connectivity index (χ4n) is 11.4. The van der Waals surface area contributed by atoms with E-state index in [1.807, 2.05) is 0 Å². The van der Waals surface area contributed by atoms with Crippen molar-refractivity contribution in [3.05, 3.63) is 283 Å². The van der Waals surface area contributed by atoms with Gasteiger partial charge in [0.05, 0.1) is 11.1 Å². The highest BCUT2D eigenvalue weighted by atomic mass is 15.1. The first kappa shape index (κ1) is 38.0. The molecule has 0 heterocycles. The summed E-state index contributed by atoms with van der Waals surface area (Å²) in [4.78, 5) is 2.49. The van der Waals surface area contributed by atoms with Gasteiger partial charge in [0.1, 0.15) is 0 Å². The molecule has 0 atom stereocenters. The van der Waals surface area contributed by atoms with E-state index in [2.05, 4.69) is 266 Å². The minimum Gasteiger partial charge on any atom is -0.310 e. The molecule has 11 aromatic rings. The van der Waals surface area contributed by atoms with Crippen LogP contribution in [0.3, 0.4) is 0 Å². The molecule has 0 radical (unpaired) electrons. The van der Waals surface area contributed by atoms with Crippen molar-refractivity contribution in [1.29, 1.82) is 0 Å². The molecule has 0 fully saturated rings. The predicted molar refractivity (Wildman–Crippen MR) is 277 cm³/mol. The Labute approximate surface area is 386 Å². The molecular weight excluding hydrogens is 795 g/mol. The first-order chi connectivity index (χ1) is 32.8. The van der Waals surface area contributed by atoms with E-state index in [0.717, 1.165) is 22.6 Å². The Morgan fingerprint density at radius 1 is 0.242 bits per heavy atom. The van der Waals surface area contributed by atoms with Crippen LogP contribution < -0.4 is 4.90 Å². The molecule has 0 aliphatic heterocycles. The molecule has 1 heteroatoms. The summed E-state index contributed by atoms with van der Waals surface area (Å²) in [5.41, 5.74) is 22.9. The fourth-order valence-corrected chi connectivity index (χ4v) is 11.4. The second kappa shape index (κ2) is 15.3. The van der Waals surface area contributed by atoms with Gasteiger partial charge in [0, 0.05) is 16.9 Å². The van der Waals surface area contributed by atoms with Gasteiger partial charge < -0.3 is 4.90 Å². The van der Waals surface area contributed by atoms with Crippen LogP contribution in [0.5, 0.6) is 0 Å². The van der Waals surface area contributed by atoms with Crippen LogP contribution in [0.25, 0.3) is 77.5 Å². The van der Waals surface area contributed by atoms with E-state index in [0.29, 0.717) is 0 Å². The van der Waals surface area contributed by atoms with Gasteiger partial charge in [-0.25, -0.2) is 0 Å². The Bertz CT molecular complexity index is 3620. The maximum atomic E-state index is 2.49. The summed E-state index contributed by atoms with van der Waals surface area (Å²) >= 11 is 0. The van der Waals surface area contributed by atoms with E-state index in [1.165, 1.54) is 94.2 Å². The van der Waals surface area contributed by atoms with Gasteiger partial charge in [0.15, 0.2) is 0 Å². The lowest BCUT2D eigenvalue weighted by Crippen LogP contribution is -2.25. The summed E-state index contributed by atoms with van der Waals surface area (Å²) in [5, 5.41) is 2.47. The second-order valence-corrected chi connectivity index (χ2v) is 17.5. The summed E-state index contributed by atoms with van der Waals surface area (Å²) < 4.78 is 0. The highest BCUT2D eigenvalue weighted by molar-refractivity contribution is 6.01. The Hall–Kier alpha value is -8.52. The molecule has 0 bridgehead atoms. The molecule has 11 aromatic carbocycles. The largest absolute Gasteiger partial charge is 0.310 e. The second-order valence-electron chi connectivity index (χ2n) is 17.5. The molecule has 0 aromatic heterocycles. The fraction of sp³-hybridized carbons (Fsp3) is 0.0154. The third-order valence-corrected chi connectivity index (χ3v) is 14.1. The molecule has 0 unspecified atom stereocenters. The van der Waals surface area contributed by atoms with Crippen molar-refractivity contribution in [2.45, 2.75) is 5.41 Å². The van der Waals surface area contributed by atoms with Crippen LogP contribution in [0.2, 0.25) is 0 Å². The van der Waals surface area contributed by atoms with E-state index >= 15 is 0 Å². The van der Waals surface area contributed by atoms with Gasteiger partial charge >= 0.3 is 0 Å². The van der Waals surface area contributed by atoms with Crippen LogP contribution >= 0.6 is 0 Å². The third-order valence-electron chi connectivity index (χ3n) is 14.1. The summed E-state index contributed by atoms with van der Waals surface area (Å²) in [6, 6.07) is 96.3. The first-order valence-electron chi connectivity index (χ1n) is 22.9. The minimum absolute atomic E-state index is 0.417. The van der Waals surface area contributed by atoms with Crippen LogP contribution in [-0.4, -0.2) is 0 Å². The summed E-state index contributed by atoms with van der Waals surface area (Å²) in [7, 11) is 0. The average molecular weight is 838 g/mol. The number of nitrogens with zero attached hydrogens (tertiary/aromatic N) is 1. The molecule has 1 spiro atoms. The molecule has 0 saturated carbocycles. The number of para-hydroxylation sites is 1. The zero-order chi connectivity index (χ0) is 43.6. The van der Waals surface area contributed by atoms with Crippen LogP contribution in [0.1, 0.15) is 22.3 Å². The minimum atomic E-state index is -0.417. The van der Waals surface area contributed by atoms with Gasteiger partial charge in [-0.3, -0.25) is 0 Å². The molecule has 66 heavy (non-hydrogen) atoms. The average Bonchev–Trinajstić information content (AvgIpc) is 3.86. The van der Waals surface area contributed by atoms with Gasteiger partial charge in [-0.1, -0.05) is 231 Å². The van der Waals surface area contributed by atoms with Crippen molar-refractivity contribution in [2.75, 3.05) is 4.90 Å². The standard InChI is InChI=1S/C65H43N/c1-2-20-44(21-3-1)50-27-6-7-28-52(50)53-29-8-9-30-54(53)58-34-13-17-39-64(58)66(47-25-18-24-46(42-47)51-35-19-23-45-22-4-5-26-49(45)51)48-40-41-63-59(43-48)57-33-12-16-38-62(57)65(63)60-36-14-10-31-55(60)56-32-11-15-37-61(56)65/h1-43H. The SMILES string of the molecule is c1ccc(-c2ccccc2-c2ccccc2-c2ccccc2N(c2cccc(-c3cccc4ccccc34)c2)c2ccc3c(c2)-c2ccccc2C32c3ccccc3-c3ccccc32)cc1. The topological polar surface area (TPSA) is 3.24 Å². The summed E-state index contributed by atoms with van der Waals surface area (Å²) in [6.07, 6.45) is 0. The maximum Gasteiger partial charge on any atom is 0.0725 e. The van der Waals surface area contributed by atoms with Crippen LogP contribution in [-0.2, 0) is 5.41 Å². The van der Waals surface area contributed by atoms with E-state index in [1.54, 1.807) is 0 Å². The van der Waals surface area contributed by atoms with Gasteiger partial charge in [0.25, 0.3) is 0 Å². The van der Waals surface area contributed by atoms with Crippen molar-refractivity contribution in [3.63, 3.8) is 0 Å². The normalized spacial score (nSPS) is 12.7. The molecule has 0 saturated heterocycles. The van der Waals surface area contributed by atoms with Crippen LogP contribution in [0, 0.1) is 0 Å². The molecule has 308 valence electrons. The first-order valence-corrected chi connectivity index (χ1v) is 22.9. The maximum absolute atomic E-state index is 2.49. The van der Waals surface area contributed by atoms with Crippen molar-refractivity contribution < 1.29 is 0 Å². The quantitative estimate of drug-likeness (QED) is 0.155. The highest BCUT2D eigenvalue weighted by Crippen LogP contribution is 2.63. The van der Waals surface area contributed by atoms with Gasteiger partial charge in [-0.2, -0.15) is 0 Å². The smallest absolute Gasteiger partial charge is 0.0725 e. The van der Waals surface area contributed by atoms with Crippen LogP contribution in [0.4, 0.5) is 17.1 Å². The van der Waals surface area contributed by atoms with E-state index in [9.17, 15) is 0 Å². The van der Waals surface area contributed by atoms with E-state index in [4.69, 9.17) is 0 Å². The van der Waals surface area contributed by atoms with Crippen molar-refractivity contribution >= 4 is 27.8 Å². The molecule has 2 aliphatic carbocycles. The lowest BCUT2D eigenvalue weighted by atomic mass is 9.70. The zero-order valence-corrected chi connectivity index (χ0v) is 36.3. The van der Waals surface area contributed by atoms with Gasteiger partial charge in [-0.15, -0.1) is 0 Å². The summed E-state index contributed by atoms with van der Waals surface area (Å²) in [6.45, 7) is 0. The highest BCUT2D eigenvalue weighted by Gasteiger charge is 2.51.